The molecule has 96 valence electrons. The number of nitrogens with zero attached hydrogens (tertiary/aromatic N) is 1. The van der Waals surface area contributed by atoms with Crippen LogP contribution in [0.1, 0.15) is 18.7 Å². The molecule has 1 aliphatic rings. The molecule has 1 aromatic carbocycles. The van der Waals surface area contributed by atoms with Gasteiger partial charge in [-0.05, 0) is 6.92 Å². The summed E-state index contributed by atoms with van der Waals surface area (Å²) in [5.41, 5.74) is -0.478. The third-order valence-corrected chi connectivity index (χ3v) is 4.46. The van der Waals surface area contributed by atoms with Crippen LogP contribution in [-0.4, -0.2) is 32.0 Å². The fourth-order valence-corrected chi connectivity index (χ4v) is 2.58. The van der Waals surface area contributed by atoms with Crippen molar-refractivity contribution in [2.75, 3.05) is 4.43 Å². The van der Waals surface area contributed by atoms with Gasteiger partial charge in [-0.25, -0.2) is 9.59 Å². The zero-order valence-corrected chi connectivity index (χ0v) is 11.8. The van der Waals surface area contributed by atoms with Crippen LogP contribution in [-0.2, 0) is 9.53 Å². The molecule has 0 spiro atoms. The second kappa shape index (κ2) is 4.75. The largest absolute Gasteiger partial charge is 0.465 e. The van der Waals surface area contributed by atoms with Crippen molar-refractivity contribution >= 4 is 34.7 Å². The number of rotatable bonds is 2. The molecule has 1 aliphatic heterocycles. The SMILES string of the molecule is CC1(CI)C(=O)O[C@@H](c2ccccc2)N1C(=O)O. The van der Waals surface area contributed by atoms with E-state index in [1.807, 2.05) is 28.7 Å². The summed E-state index contributed by atoms with van der Waals surface area (Å²) < 4.78 is 5.58. The fraction of sp³-hybridized carbons (Fsp3) is 0.333. The first-order chi connectivity index (χ1) is 8.50. The normalized spacial score (nSPS) is 27.1. The number of ether oxygens (including phenoxy) is 1. The Bertz CT molecular complexity index is 478. The van der Waals surface area contributed by atoms with E-state index in [-0.39, 0.29) is 0 Å². The van der Waals surface area contributed by atoms with Crippen molar-refractivity contribution in [3.8, 4) is 0 Å². The van der Waals surface area contributed by atoms with Crippen LogP contribution in [0.5, 0.6) is 0 Å². The van der Waals surface area contributed by atoms with Crippen LogP contribution in [0, 0.1) is 0 Å². The van der Waals surface area contributed by atoms with Gasteiger partial charge in [0.15, 0.2) is 5.54 Å². The monoisotopic (exact) mass is 361 g/mol. The number of carboxylic acid groups (broad SMARTS) is 1. The standard InChI is InChI=1S/C12H12INO4/c1-12(7-13)10(15)18-9(14(12)11(16)17)8-5-3-2-4-6-8/h2-6,9H,7H2,1H3,(H,16,17)/t9-,12?/m0/s1. The summed E-state index contributed by atoms with van der Waals surface area (Å²) in [6.07, 6.45) is -2.02. The van der Waals surface area contributed by atoms with Gasteiger partial charge < -0.3 is 9.84 Å². The van der Waals surface area contributed by atoms with Crippen molar-refractivity contribution in [1.82, 2.24) is 4.90 Å². The number of hydrogen-bond acceptors (Lipinski definition) is 3. The Balaban J connectivity index is 2.44. The van der Waals surface area contributed by atoms with E-state index in [4.69, 9.17) is 4.74 Å². The molecule has 1 N–H and O–H groups in total. The molecule has 1 unspecified atom stereocenters. The second-order valence-corrected chi connectivity index (χ2v) is 4.99. The molecule has 2 atom stereocenters. The Morgan fingerprint density at radius 2 is 2.11 bits per heavy atom. The lowest BCUT2D eigenvalue weighted by Gasteiger charge is -2.29. The van der Waals surface area contributed by atoms with Crippen LogP contribution in [0.25, 0.3) is 0 Å². The average Bonchev–Trinajstić information content (AvgIpc) is 2.64. The molecule has 2 rings (SSSR count). The first kappa shape index (κ1) is 13.1. The summed E-state index contributed by atoms with van der Waals surface area (Å²) >= 11 is 1.99. The van der Waals surface area contributed by atoms with Crippen LogP contribution >= 0.6 is 22.6 Å². The highest BCUT2D eigenvalue weighted by atomic mass is 127. The van der Waals surface area contributed by atoms with Crippen LogP contribution in [0.3, 0.4) is 0 Å². The average molecular weight is 361 g/mol. The van der Waals surface area contributed by atoms with E-state index >= 15 is 0 Å². The maximum absolute atomic E-state index is 11.9. The number of esters is 1. The van der Waals surface area contributed by atoms with Crippen LogP contribution in [0.2, 0.25) is 0 Å². The van der Waals surface area contributed by atoms with E-state index in [9.17, 15) is 14.7 Å². The summed E-state index contributed by atoms with van der Waals surface area (Å²) in [6.45, 7) is 1.58. The maximum Gasteiger partial charge on any atom is 0.411 e. The minimum absolute atomic E-state index is 0.346. The second-order valence-electron chi connectivity index (χ2n) is 4.23. The van der Waals surface area contributed by atoms with Gasteiger partial charge in [0.1, 0.15) is 0 Å². The van der Waals surface area contributed by atoms with Gasteiger partial charge in [-0.2, -0.15) is 0 Å². The van der Waals surface area contributed by atoms with Gasteiger partial charge in [-0.1, -0.05) is 52.9 Å². The lowest BCUT2D eigenvalue weighted by atomic mass is 10.0. The predicted molar refractivity (Wildman–Crippen MR) is 72.4 cm³/mol. The number of halogens is 1. The highest BCUT2D eigenvalue weighted by molar-refractivity contribution is 14.1. The van der Waals surface area contributed by atoms with Crippen molar-refractivity contribution in [3.05, 3.63) is 35.9 Å². The predicted octanol–water partition coefficient (Wildman–Crippen LogP) is 2.42. The van der Waals surface area contributed by atoms with Crippen LogP contribution in [0.4, 0.5) is 4.79 Å². The molecule has 0 saturated carbocycles. The Hall–Kier alpha value is -1.31. The third-order valence-electron chi connectivity index (χ3n) is 2.98. The van der Waals surface area contributed by atoms with Gasteiger partial charge in [0.2, 0.25) is 6.23 Å². The molecule has 6 heteroatoms. The number of hydrogen-bond donors (Lipinski definition) is 1. The molecule has 0 aliphatic carbocycles. The van der Waals surface area contributed by atoms with E-state index in [1.165, 1.54) is 0 Å². The fourth-order valence-electron chi connectivity index (χ4n) is 1.90. The Kier molecular flexibility index (Phi) is 3.47. The minimum atomic E-state index is -1.16. The molecule has 0 bridgehead atoms. The Morgan fingerprint density at radius 1 is 1.50 bits per heavy atom. The molecule has 0 radical (unpaired) electrons. The molecule has 0 aromatic heterocycles. The first-order valence-electron chi connectivity index (χ1n) is 5.35. The smallest absolute Gasteiger partial charge is 0.411 e. The molecule has 18 heavy (non-hydrogen) atoms. The van der Waals surface area contributed by atoms with E-state index in [0.29, 0.717) is 9.99 Å². The molecule has 1 aromatic rings. The molecular weight excluding hydrogens is 349 g/mol. The van der Waals surface area contributed by atoms with Gasteiger partial charge in [-0.3, -0.25) is 4.90 Å². The van der Waals surface area contributed by atoms with Gasteiger partial charge in [0, 0.05) is 9.99 Å². The molecule has 5 nitrogen and oxygen atoms in total. The topological polar surface area (TPSA) is 66.8 Å². The molecular formula is C12H12INO4. The Labute approximate surface area is 118 Å². The highest BCUT2D eigenvalue weighted by Gasteiger charge is 2.54. The van der Waals surface area contributed by atoms with Gasteiger partial charge in [-0.15, -0.1) is 0 Å². The van der Waals surface area contributed by atoms with Crippen molar-refractivity contribution in [1.29, 1.82) is 0 Å². The van der Waals surface area contributed by atoms with Crippen molar-refractivity contribution in [2.45, 2.75) is 18.7 Å². The van der Waals surface area contributed by atoms with Crippen LogP contribution < -0.4 is 0 Å². The third kappa shape index (κ3) is 1.94. The van der Waals surface area contributed by atoms with E-state index in [0.717, 1.165) is 4.90 Å². The number of alkyl halides is 1. The van der Waals surface area contributed by atoms with Crippen molar-refractivity contribution < 1.29 is 19.4 Å². The van der Waals surface area contributed by atoms with Gasteiger partial charge >= 0.3 is 12.1 Å². The lowest BCUT2D eigenvalue weighted by Crippen LogP contribution is -2.50. The molecule has 1 fully saturated rings. The zero-order valence-electron chi connectivity index (χ0n) is 9.67. The van der Waals surface area contributed by atoms with E-state index in [2.05, 4.69) is 0 Å². The van der Waals surface area contributed by atoms with E-state index < -0.39 is 23.8 Å². The number of benzene rings is 1. The number of cyclic esters (lactones) is 1. The number of carbonyl (C=O) groups is 2. The Morgan fingerprint density at radius 3 is 2.61 bits per heavy atom. The highest BCUT2D eigenvalue weighted by Crippen LogP contribution is 2.39. The van der Waals surface area contributed by atoms with Crippen molar-refractivity contribution in [2.24, 2.45) is 0 Å². The van der Waals surface area contributed by atoms with Crippen LogP contribution in [0.15, 0.2) is 30.3 Å². The number of carbonyl (C=O) groups excluding carboxylic acids is 1. The zero-order chi connectivity index (χ0) is 13.3. The van der Waals surface area contributed by atoms with Crippen molar-refractivity contribution in [3.63, 3.8) is 0 Å². The van der Waals surface area contributed by atoms with Gasteiger partial charge in [0.25, 0.3) is 0 Å². The molecule has 1 saturated heterocycles. The maximum atomic E-state index is 11.9. The van der Waals surface area contributed by atoms with E-state index in [1.54, 1.807) is 31.2 Å². The summed E-state index contributed by atoms with van der Waals surface area (Å²) in [5.74, 6) is -0.506. The summed E-state index contributed by atoms with van der Waals surface area (Å²) in [6, 6.07) is 8.87. The summed E-state index contributed by atoms with van der Waals surface area (Å²) in [4.78, 5) is 24.4. The molecule has 1 amide bonds. The number of amides is 1. The quantitative estimate of drug-likeness (QED) is 0.499. The lowest BCUT2D eigenvalue weighted by molar-refractivity contribution is -0.144. The first-order valence-corrected chi connectivity index (χ1v) is 6.87. The summed E-state index contributed by atoms with van der Waals surface area (Å²) in [7, 11) is 0. The molecule has 1 heterocycles. The minimum Gasteiger partial charge on any atom is -0.465 e. The summed E-state index contributed by atoms with van der Waals surface area (Å²) in [5, 5.41) is 9.32. The van der Waals surface area contributed by atoms with Gasteiger partial charge in [0.05, 0.1) is 0 Å².